The van der Waals surface area contributed by atoms with Crippen molar-refractivity contribution in [1.82, 2.24) is 20.1 Å². The summed E-state index contributed by atoms with van der Waals surface area (Å²) >= 11 is 0. The molecule has 1 N–H and O–H groups in total. The van der Waals surface area contributed by atoms with Gasteiger partial charge in [0.05, 0.1) is 6.04 Å². The fourth-order valence-corrected chi connectivity index (χ4v) is 4.95. The van der Waals surface area contributed by atoms with E-state index in [0.717, 1.165) is 51.0 Å². The van der Waals surface area contributed by atoms with Crippen molar-refractivity contribution >= 4 is 11.8 Å². The maximum absolute atomic E-state index is 12.7. The van der Waals surface area contributed by atoms with Gasteiger partial charge in [0.2, 0.25) is 5.91 Å². The Labute approximate surface area is 161 Å². The smallest absolute Gasteiger partial charge is 0.272 e. The summed E-state index contributed by atoms with van der Waals surface area (Å²) in [5.74, 6) is 1.44. The first kappa shape index (κ1) is 18.4. The third-order valence-corrected chi connectivity index (χ3v) is 6.78. The summed E-state index contributed by atoms with van der Waals surface area (Å²) in [6.07, 6.45) is 6.15. The minimum absolute atomic E-state index is 0.00305. The Morgan fingerprint density at radius 2 is 1.96 bits per heavy atom. The van der Waals surface area contributed by atoms with E-state index in [0.29, 0.717) is 17.5 Å². The van der Waals surface area contributed by atoms with Crippen LogP contribution in [0.1, 0.15) is 54.7 Å². The van der Waals surface area contributed by atoms with Crippen molar-refractivity contribution in [2.45, 2.75) is 38.6 Å². The van der Waals surface area contributed by atoms with E-state index in [1.807, 2.05) is 17.0 Å². The number of piperidine rings is 1. The summed E-state index contributed by atoms with van der Waals surface area (Å²) in [6, 6.07) is 3.80. The topological polar surface area (TPSA) is 65.5 Å². The molecule has 3 fully saturated rings. The Balaban J connectivity index is 1.44. The number of rotatable bonds is 2. The van der Waals surface area contributed by atoms with Gasteiger partial charge in [0.1, 0.15) is 5.69 Å². The normalized spacial score (nSPS) is 31.9. The number of piperazine rings is 1. The number of hydrogen-bond acceptors (Lipinski definition) is 4. The molecule has 4 atom stereocenters. The lowest BCUT2D eigenvalue weighted by Crippen LogP contribution is -2.47. The Bertz CT molecular complexity index is 697. The highest BCUT2D eigenvalue weighted by atomic mass is 16.2. The maximum atomic E-state index is 12.7. The van der Waals surface area contributed by atoms with Crippen molar-refractivity contribution in [2.24, 2.45) is 17.8 Å². The van der Waals surface area contributed by atoms with Gasteiger partial charge >= 0.3 is 0 Å². The predicted molar refractivity (Wildman–Crippen MR) is 103 cm³/mol. The molecule has 0 spiro atoms. The second-order valence-corrected chi connectivity index (χ2v) is 8.55. The van der Waals surface area contributed by atoms with Gasteiger partial charge in [-0.3, -0.25) is 14.6 Å². The number of aromatic nitrogens is 1. The van der Waals surface area contributed by atoms with Crippen LogP contribution < -0.4 is 5.32 Å². The Kier molecular flexibility index (Phi) is 5.17. The number of carbonyl (C=O) groups is 2. The van der Waals surface area contributed by atoms with Crippen molar-refractivity contribution in [2.75, 3.05) is 33.2 Å². The van der Waals surface area contributed by atoms with Crippen molar-refractivity contribution in [3.8, 4) is 0 Å². The van der Waals surface area contributed by atoms with E-state index in [1.54, 1.807) is 6.20 Å². The third-order valence-electron chi connectivity index (χ3n) is 6.78. The van der Waals surface area contributed by atoms with Crippen LogP contribution in [0.3, 0.4) is 0 Å². The van der Waals surface area contributed by atoms with Crippen LogP contribution >= 0.6 is 0 Å². The van der Waals surface area contributed by atoms with Gasteiger partial charge in [0, 0.05) is 38.3 Å². The lowest BCUT2D eigenvalue weighted by Gasteiger charge is -2.42. The molecule has 1 saturated carbocycles. The molecule has 4 rings (SSSR count). The monoisotopic (exact) mass is 370 g/mol. The van der Waals surface area contributed by atoms with E-state index >= 15 is 0 Å². The third kappa shape index (κ3) is 3.72. The number of pyridine rings is 1. The molecule has 1 aromatic heterocycles. The molecular weight excluding hydrogens is 340 g/mol. The molecule has 2 saturated heterocycles. The zero-order valence-electron chi connectivity index (χ0n) is 16.4. The molecule has 6 nitrogen and oxygen atoms in total. The highest BCUT2D eigenvalue weighted by Gasteiger charge is 2.41. The van der Waals surface area contributed by atoms with Crippen molar-refractivity contribution in [3.05, 3.63) is 29.6 Å². The molecule has 0 aromatic carbocycles. The summed E-state index contributed by atoms with van der Waals surface area (Å²) in [5, 5.41) is 3.19. The van der Waals surface area contributed by atoms with Gasteiger partial charge in [-0.05, 0) is 43.4 Å². The predicted octanol–water partition coefficient (Wildman–Crippen LogP) is 2.08. The summed E-state index contributed by atoms with van der Waals surface area (Å²) in [4.78, 5) is 33.8. The van der Waals surface area contributed by atoms with E-state index in [1.165, 1.54) is 6.42 Å². The van der Waals surface area contributed by atoms with Gasteiger partial charge in [0.25, 0.3) is 5.91 Å². The summed E-state index contributed by atoms with van der Waals surface area (Å²) < 4.78 is 0. The molecular formula is C21H30N4O2. The average Bonchev–Trinajstić information content (AvgIpc) is 2.69. The van der Waals surface area contributed by atoms with E-state index < -0.39 is 0 Å². The number of nitrogens with one attached hydrogen (secondary N) is 1. The van der Waals surface area contributed by atoms with E-state index in [9.17, 15) is 9.59 Å². The highest BCUT2D eigenvalue weighted by molar-refractivity contribution is 5.92. The average molecular weight is 370 g/mol. The molecule has 2 aliphatic heterocycles. The number of nitrogens with zero attached hydrogens (tertiary/aromatic N) is 3. The molecule has 4 unspecified atom stereocenters. The standard InChI is InChI=1S/C21H30N4O2/c1-14-4-3-5-16-17(14)12-19(23-20(16)26)15-6-7-18(22-13-15)21(27)25-10-8-24(2)9-11-25/h6-7,13-14,16-17,19H,3-5,8-12H2,1-2H3,(H,23,26). The van der Waals surface area contributed by atoms with Crippen molar-refractivity contribution < 1.29 is 9.59 Å². The van der Waals surface area contributed by atoms with Crippen LogP contribution in [0.5, 0.6) is 0 Å². The van der Waals surface area contributed by atoms with Gasteiger partial charge in [-0.25, -0.2) is 0 Å². The number of hydrogen-bond donors (Lipinski definition) is 1. The van der Waals surface area contributed by atoms with Crippen LogP contribution in [0.4, 0.5) is 0 Å². The Morgan fingerprint density at radius 1 is 1.19 bits per heavy atom. The van der Waals surface area contributed by atoms with Gasteiger partial charge in [-0.15, -0.1) is 0 Å². The largest absolute Gasteiger partial charge is 0.349 e. The molecule has 3 heterocycles. The summed E-state index contributed by atoms with van der Waals surface area (Å²) in [7, 11) is 2.07. The highest BCUT2D eigenvalue weighted by Crippen LogP contribution is 2.43. The van der Waals surface area contributed by atoms with Crippen LogP contribution in [-0.2, 0) is 4.79 Å². The van der Waals surface area contributed by atoms with E-state index in [4.69, 9.17) is 0 Å². The molecule has 1 aliphatic carbocycles. The zero-order chi connectivity index (χ0) is 19.0. The first-order valence-corrected chi connectivity index (χ1v) is 10.3. The van der Waals surface area contributed by atoms with E-state index in [-0.39, 0.29) is 23.8 Å². The minimum atomic E-state index is 0.00305. The number of fused-ring (bicyclic) bond motifs is 1. The van der Waals surface area contributed by atoms with Crippen LogP contribution in [0.2, 0.25) is 0 Å². The molecule has 6 heteroatoms. The maximum Gasteiger partial charge on any atom is 0.272 e. The van der Waals surface area contributed by atoms with Gasteiger partial charge in [0.15, 0.2) is 0 Å². The minimum Gasteiger partial charge on any atom is -0.349 e. The van der Waals surface area contributed by atoms with Gasteiger partial charge < -0.3 is 15.1 Å². The van der Waals surface area contributed by atoms with Crippen molar-refractivity contribution in [3.63, 3.8) is 0 Å². The van der Waals surface area contributed by atoms with Crippen LogP contribution in [-0.4, -0.2) is 59.8 Å². The van der Waals surface area contributed by atoms with Crippen LogP contribution in [0.25, 0.3) is 0 Å². The first-order chi connectivity index (χ1) is 13.0. The molecule has 27 heavy (non-hydrogen) atoms. The van der Waals surface area contributed by atoms with Gasteiger partial charge in [-0.1, -0.05) is 25.8 Å². The number of carbonyl (C=O) groups excluding carboxylic acids is 2. The Morgan fingerprint density at radius 3 is 2.67 bits per heavy atom. The lowest BCUT2D eigenvalue weighted by molar-refractivity contribution is -0.133. The van der Waals surface area contributed by atoms with Crippen LogP contribution in [0.15, 0.2) is 18.3 Å². The van der Waals surface area contributed by atoms with E-state index in [2.05, 4.69) is 29.2 Å². The van der Waals surface area contributed by atoms with Crippen molar-refractivity contribution in [1.29, 1.82) is 0 Å². The lowest BCUT2D eigenvalue weighted by atomic mass is 9.67. The second kappa shape index (κ2) is 7.58. The zero-order valence-corrected chi connectivity index (χ0v) is 16.4. The molecule has 1 aromatic rings. The number of likely N-dealkylation sites (N-methyl/N-ethyl adjacent to an activating group) is 1. The molecule has 3 aliphatic rings. The molecule has 0 bridgehead atoms. The fourth-order valence-electron chi connectivity index (χ4n) is 4.95. The quantitative estimate of drug-likeness (QED) is 0.866. The first-order valence-electron chi connectivity index (χ1n) is 10.3. The Hall–Kier alpha value is -1.95. The SMILES string of the molecule is CC1CCCC2C(=O)NC(c3ccc(C(=O)N4CCN(C)CC4)nc3)CC12. The molecule has 2 amide bonds. The molecule has 0 radical (unpaired) electrons. The van der Waals surface area contributed by atoms with Crippen LogP contribution in [0, 0.1) is 17.8 Å². The summed E-state index contributed by atoms with van der Waals surface area (Å²) in [6.45, 7) is 5.58. The number of amides is 2. The summed E-state index contributed by atoms with van der Waals surface area (Å²) in [5.41, 5.74) is 1.50. The second-order valence-electron chi connectivity index (χ2n) is 8.55. The van der Waals surface area contributed by atoms with Gasteiger partial charge in [-0.2, -0.15) is 0 Å². The molecule has 146 valence electrons. The fraction of sp³-hybridized carbons (Fsp3) is 0.667.